The summed E-state index contributed by atoms with van der Waals surface area (Å²) < 4.78 is 11.3. The molecular weight excluding hydrogens is 316 g/mol. The summed E-state index contributed by atoms with van der Waals surface area (Å²) in [7, 11) is 0. The van der Waals surface area contributed by atoms with E-state index in [9.17, 15) is 10.2 Å². The van der Waals surface area contributed by atoms with E-state index in [4.69, 9.17) is 9.47 Å². The average Bonchev–Trinajstić information content (AvgIpc) is 3.01. The first-order valence-electron chi connectivity index (χ1n) is 8.92. The van der Waals surface area contributed by atoms with E-state index in [-0.39, 0.29) is 12.2 Å². The molecule has 0 spiro atoms. The molecule has 25 heavy (non-hydrogen) atoms. The van der Waals surface area contributed by atoms with Crippen molar-refractivity contribution >= 4 is 0 Å². The summed E-state index contributed by atoms with van der Waals surface area (Å²) in [5, 5.41) is 19.6. The van der Waals surface area contributed by atoms with E-state index in [2.05, 4.69) is 30.6 Å². The zero-order chi connectivity index (χ0) is 17.9. The van der Waals surface area contributed by atoms with Crippen LogP contribution < -0.4 is 0 Å². The van der Waals surface area contributed by atoms with Gasteiger partial charge in [-0.2, -0.15) is 0 Å². The Labute approximate surface area is 150 Å². The van der Waals surface area contributed by atoms with Gasteiger partial charge in [0.05, 0.1) is 31.0 Å². The van der Waals surface area contributed by atoms with Crippen LogP contribution in [0.25, 0.3) is 0 Å². The first-order valence-corrected chi connectivity index (χ1v) is 8.92. The molecule has 1 aliphatic heterocycles. The van der Waals surface area contributed by atoms with Crippen molar-refractivity contribution in [2.24, 2.45) is 0 Å². The molecule has 4 heteroatoms. The maximum Gasteiger partial charge on any atom is 0.0981 e. The van der Waals surface area contributed by atoms with Crippen molar-refractivity contribution in [3.63, 3.8) is 0 Å². The molecule has 1 heterocycles. The van der Waals surface area contributed by atoms with Crippen molar-refractivity contribution in [1.29, 1.82) is 0 Å². The topological polar surface area (TPSA) is 58.9 Å². The molecule has 0 saturated carbocycles. The summed E-state index contributed by atoms with van der Waals surface area (Å²) in [4.78, 5) is 0. The molecule has 4 atom stereocenters. The number of unbranched alkanes of at least 4 members (excludes halogenated alkanes) is 2. The van der Waals surface area contributed by atoms with Crippen molar-refractivity contribution < 1.29 is 19.7 Å². The highest BCUT2D eigenvalue weighted by molar-refractivity contribution is 5.13. The number of hydrogen-bond donors (Lipinski definition) is 2. The highest BCUT2D eigenvalue weighted by Gasteiger charge is 2.36. The molecule has 0 aliphatic carbocycles. The Bertz CT molecular complexity index is 560. The maximum atomic E-state index is 9.94. The minimum Gasteiger partial charge on any atom is -0.390 e. The third-order valence-corrected chi connectivity index (χ3v) is 4.26. The van der Waals surface area contributed by atoms with Crippen LogP contribution >= 0.6 is 0 Å². The number of hydrogen-bond acceptors (Lipinski definition) is 4. The van der Waals surface area contributed by atoms with Gasteiger partial charge in [0.25, 0.3) is 0 Å². The van der Waals surface area contributed by atoms with Gasteiger partial charge < -0.3 is 19.7 Å². The third-order valence-electron chi connectivity index (χ3n) is 4.26. The predicted molar refractivity (Wildman–Crippen MR) is 97.8 cm³/mol. The Morgan fingerprint density at radius 2 is 2.08 bits per heavy atom. The zero-order valence-corrected chi connectivity index (χ0v) is 14.6. The Kier molecular flexibility index (Phi) is 8.71. The largest absolute Gasteiger partial charge is 0.390 e. The second-order valence-corrected chi connectivity index (χ2v) is 6.30. The molecular formula is C21H28O4. The molecule has 2 rings (SSSR count). The zero-order valence-electron chi connectivity index (χ0n) is 14.6. The number of rotatable bonds is 9. The van der Waals surface area contributed by atoms with Crippen LogP contribution in [0.15, 0.2) is 43.0 Å². The van der Waals surface area contributed by atoms with Crippen molar-refractivity contribution in [2.45, 2.75) is 63.1 Å². The van der Waals surface area contributed by atoms with E-state index < -0.39 is 12.2 Å². The minimum atomic E-state index is -0.733. The number of benzene rings is 1. The summed E-state index contributed by atoms with van der Waals surface area (Å²) in [5.41, 5.74) is 1.19. The highest BCUT2D eigenvalue weighted by Crippen LogP contribution is 2.25. The van der Waals surface area contributed by atoms with E-state index in [0.717, 1.165) is 25.9 Å². The van der Waals surface area contributed by atoms with E-state index in [1.54, 1.807) is 0 Å². The van der Waals surface area contributed by atoms with E-state index in [1.165, 1.54) is 11.6 Å². The molecule has 1 aliphatic rings. The van der Waals surface area contributed by atoms with Crippen LogP contribution in [0.2, 0.25) is 0 Å². The summed E-state index contributed by atoms with van der Waals surface area (Å²) in [6.45, 7) is 4.93. The Morgan fingerprint density at radius 3 is 2.84 bits per heavy atom. The van der Waals surface area contributed by atoms with Crippen LogP contribution in [-0.4, -0.2) is 41.2 Å². The van der Waals surface area contributed by atoms with Gasteiger partial charge in [0.2, 0.25) is 0 Å². The fourth-order valence-electron chi connectivity index (χ4n) is 2.76. The Hall–Kier alpha value is -1.64. The molecule has 2 N–H and O–H groups in total. The molecule has 1 saturated heterocycles. The van der Waals surface area contributed by atoms with Gasteiger partial charge in [-0.25, -0.2) is 0 Å². The van der Waals surface area contributed by atoms with E-state index >= 15 is 0 Å². The lowest BCUT2D eigenvalue weighted by atomic mass is 10.1. The standard InChI is InChI=1S/C21H28O4/c1-2-18(22)21-15-19(23)20(25-21)13-9-4-3-5-10-14-24-16-17-11-7-6-8-12-17/h2,6-8,11-12,18-23H,1,3,5,10,13-16H2/t18-,19+,20+,21+/m1/s1. The monoisotopic (exact) mass is 344 g/mol. The van der Waals surface area contributed by atoms with Crippen LogP contribution in [0.5, 0.6) is 0 Å². The molecule has 1 aromatic rings. The Morgan fingerprint density at radius 1 is 1.28 bits per heavy atom. The first kappa shape index (κ1) is 19.7. The van der Waals surface area contributed by atoms with Gasteiger partial charge in [-0.1, -0.05) is 36.4 Å². The van der Waals surface area contributed by atoms with Gasteiger partial charge in [-0.3, -0.25) is 0 Å². The summed E-state index contributed by atoms with van der Waals surface area (Å²) in [5.74, 6) is 6.19. The summed E-state index contributed by atoms with van der Waals surface area (Å²) in [6, 6.07) is 10.1. The van der Waals surface area contributed by atoms with Crippen molar-refractivity contribution in [2.75, 3.05) is 6.61 Å². The van der Waals surface area contributed by atoms with Gasteiger partial charge in [0.15, 0.2) is 0 Å². The van der Waals surface area contributed by atoms with Gasteiger partial charge in [-0.05, 0) is 18.4 Å². The highest BCUT2D eigenvalue weighted by atomic mass is 16.5. The summed E-state index contributed by atoms with van der Waals surface area (Å²) >= 11 is 0. The van der Waals surface area contributed by atoms with Crippen molar-refractivity contribution in [1.82, 2.24) is 0 Å². The third kappa shape index (κ3) is 7.01. The second kappa shape index (κ2) is 11.1. The normalized spacial score (nSPS) is 23.7. The van der Waals surface area contributed by atoms with Gasteiger partial charge in [0.1, 0.15) is 0 Å². The molecule has 1 fully saturated rings. The lowest BCUT2D eigenvalue weighted by molar-refractivity contribution is -0.0265. The number of aliphatic hydroxyl groups excluding tert-OH is 2. The first-order chi connectivity index (χ1) is 12.2. The van der Waals surface area contributed by atoms with Crippen molar-refractivity contribution in [3.8, 4) is 11.8 Å². The molecule has 0 unspecified atom stereocenters. The predicted octanol–water partition coefficient (Wildman–Crippen LogP) is 2.83. The molecule has 0 radical (unpaired) electrons. The lowest BCUT2D eigenvalue weighted by Gasteiger charge is -2.14. The molecule has 0 amide bonds. The number of aliphatic hydroxyl groups is 2. The van der Waals surface area contributed by atoms with Crippen molar-refractivity contribution in [3.05, 3.63) is 48.6 Å². The maximum absolute atomic E-state index is 9.94. The molecule has 4 nitrogen and oxygen atoms in total. The average molecular weight is 344 g/mol. The van der Waals surface area contributed by atoms with Crippen LogP contribution in [0.3, 0.4) is 0 Å². The summed E-state index contributed by atoms with van der Waals surface area (Å²) in [6.07, 6.45) is 3.16. The fourth-order valence-corrected chi connectivity index (χ4v) is 2.76. The smallest absolute Gasteiger partial charge is 0.0981 e. The van der Waals surface area contributed by atoms with Gasteiger partial charge >= 0.3 is 0 Å². The number of ether oxygens (including phenoxy) is 2. The molecule has 0 bridgehead atoms. The minimum absolute atomic E-state index is 0.318. The Balaban J connectivity index is 1.52. The fraction of sp³-hybridized carbons (Fsp3) is 0.524. The van der Waals surface area contributed by atoms with E-state index in [1.807, 2.05) is 18.2 Å². The van der Waals surface area contributed by atoms with Crippen LogP contribution in [-0.2, 0) is 16.1 Å². The molecule has 0 aromatic heterocycles. The molecule has 1 aromatic carbocycles. The van der Waals surface area contributed by atoms with E-state index in [0.29, 0.717) is 19.4 Å². The quantitative estimate of drug-likeness (QED) is 0.411. The van der Waals surface area contributed by atoms with Gasteiger partial charge in [0, 0.05) is 25.9 Å². The second-order valence-electron chi connectivity index (χ2n) is 6.30. The van der Waals surface area contributed by atoms with Gasteiger partial charge in [-0.15, -0.1) is 18.4 Å². The van der Waals surface area contributed by atoms with Crippen LogP contribution in [0.1, 0.15) is 37.7 Å². The SMILES string of the molecule is C=C[C@@H](O)[C@@H]1C[C@H](O)[C@H](CC#CCCCCOCc2ccccc2)O1. The molecule has 136 valence electrons. The lowest BCUT2D eigenvalue weighted by Crippen LogP contribution is -2.24. The van der Waals surface area contributed by atoms with Crippen LogP contribution in [0.4, 0.5) is 0 Å². The van der Waals surface area contributed by atoms with Crippen LogP contribution in [0, 0.1) is 11.8 Å².